The topological polar surface area (TPSA) is 27.0 Å². The summed E-state index contributed by atoms with van der Waals surface area (Å²) in [5.41, 5.74) is 0. The molecule has 0 amide bonds. The Morgan fingerprint density at radius 1 is 1.50 bits per heavy atom. The molecular weight excluding hydrogens is 168 g/mol. The molecule has 1 rings (SSSR count). The molecule has 1 heterocycles. The van der Waals surface area contributed by atoms with E-state index >= 15 is 0 Å². The zero-order valence-electron chi connectivity index (χ0n) is 7.62. The predicted molar refractivity (Wildman–Crippen MR) is 53.2 cm³/mol. The van der Waals surface area contributed by atoms with E-state index in [1.165, 1.54) is 12.8 Å². The van der Waals surface area contributed by atoms with Gasteiger partial charge in [-0.25, -0.2) is 0 Å². The fraction of sp³-hybridized carbons (Fsp3) is 0.889. The Morgan fingerprint density at radius 3 is 2.67 bits per heavy atom. The van der Waals surface area contributed by atoms with Crippen molar-refractivity contribution in [2.75, 3.05) is 25.1 Å². The smallest absolute Gasteiger partial charge is 0.0985 e. The van der Waals surface area contributed by atoms with Crippen LogP contribution in [0.1, 0.15) is 19.3 Å². The number of hydrogen-bond acceptors (Lipinski definition) is 3. The third-order valence-corrected chi connectivity index (χ3v) is 2.97. The van der Waals surface area contributed by atoms with Gasteiger partial charge in [-0.05, 0) is 44.4 Å². The first-order valence-electron chi connectivity index (χ1n) is 4.51. The van der Waals surface area contributed by atoms with Crippen LogP contribution in [0.2, 0.25) is 0 Å². The standard InChI is InChI=1S/C9H16N2S/c1-12-7-4-9(8-10)11-5-2-3-6-11/h9H,2-7H2,1H3. The lowest BCUT2D eigenvalue weighted by Gasteiger charge is -2.20. The first kappa shape index (κ1) is 9.88. The van der Waals surface area contributed by atoms with E-state index in [-0.39, 0.29) is 6.04 Å². The summed E-state index contributed by atoms with van der Waals surface area (Å²) >= 11 is 1.83. The molecule has 1 atom stereocenters. The molecule has 0 bridgehead atoms. The Morgan fingerprint density at radius 2 is 2.17 bits per heavy atom. The fourth-order valence-corrected chi connectivity index (χ4v) is 2.07. The first-order valence-corrected chi connectivity index (χ1v) is 5.90. The Hall–Kier alpha value is -0.200. The van der Waals surface area contributed by atoms with Crippen LogP contribution in [0.15, 0.2) is 0 Å². The van der Waals surface area contributed by atoms with Gasteiger partial charge in [0, 0.05) is 0 Å². The Labute approximate surface area is 78.9 Å². The highest BCUT2D eigenvalue weighted by molar-refractivity contribution is 7.98. The molecule has 1 aliphatic heterocycles. The average molecular weight is 184 g/mol. The largest absolute Gasteiger partial charge is 0.288 e. The molecule has 0 spiro atoms. The summed E-state index contributed by atoms with van der Waals surface area (Å²) in [5.74, 6) is 1.11. The van der Waals surface area contributed by atoms with Crippen LogP contribution in [0, 0.1) is 11.3 Å². The van der Waals surface area contributed by atoms with Gasteiger partial charge in [0.15, 0.2) is 0 Å². The lowest BCUT2D eigenvalue weighted by atomic mass is 10.2. The average Bonchev–Trinajstić information content (AvgIpc) is 2.59. The van der Waals surface area contributed by atoms with E-state index in [9.17, 15) is 0 Å². The fourth-order valence-electron chi connectivity index (χ4n) is 1.61. The summed E-state index contributed by atoms with van der Waals surface area (Å²) in [6.45, 7) is 2.26. The minimum atomic E-state index is 0.181. The second-order valence-electron chi connectivity index (χ2n) is 3.17. The molecule has 12 heavy (non-hydrogen) atoms. The highest BCUT2D eigenvalue weighted by atomic mass is 32.2. The van der Waals surface area contributed by atoms with Crippen molar-refractivity contribution in [3.8, 4) is 6.07 Å². The normalized spacial score (nSPS) is 20.7. The third-order valence-electron chi connectivity index (χ3n) is 2.33. The molecule has 0 N–H and O–H groups in total. The number of nitrogens with zero attached hydrogens (tertiary/aromatic N) is 2. The minimum absolute atomic E-state index is 0.181. The summed E-state index contributed by atoms with van der Waals surface area (Å²) in [6.07, 6.45) is 5.67. The summed E-state index contributed by atoms with van der Waals surface area (Å²) in [5, 5.41) is 8.91. The van der Waals surface area contributed by atoms with E-state index < -0.39 is 0 Å². The Kier molecular flexibility index (Phi) is 4.49. The van der Waals surface area contributed by atoms with Gasteiger partial charge in [0.1, 0.15) is 0 Å². The molecule has 0 aromatic carbocycles. The van der Waals surface area contributed by atoms with Gasteiger partial charge in [-0.15, -0.1) is 0 Å². The molecular formula is C9H16N2S. The van der Waals surface area contributed by atoms with Crippen molar-refractivity contribution in [3.63, 3.8) is 0 Å². The van der Waals surface area contributed by atoms with E-state index in [2.05, 4.69) is 17.2 Å². The van der Waals surface area contributed by atoms with E-state index in [1.807, 2.05) is 11.8 Å². The molecule has 2 nitrogen and oxygen atoms in total. The Balaban J connectivity index is 2.29. The molecule has 0 aromatic heterocycles. The zero-order chi connectivity index (χ0) is 8.81. The first-order chi connectivity index (χ1) is 5.88. The van der Waals surface area contributed by atoms with E-state index in [0.29, 0.717) is 0 Å². The van der Waals surface area contributed by atoms with E-state index in [4.69, 9.17) is 5.26 Å². The highest BCUT2D eigenvalue weighted by Crippen LogP contribution is 2.14. The van der Waals surface area contributed by atoms with Gasteiger partial charge in [0.2, 0.25) is 0 Å². The monoisotopic (exact) mass is 184 g/mol. The molecule has 1 fully saturated rings. The van der Waals surface area contributed by atoms with Crippen molar-refractivity contribution < 1.29 is 0 Å². The van der Waals surface area contributed by atoms with Gasteiger partial charge in [0.05, 0.1) is 12.1 Å². The van der Waals surface area contributed by atoms with Gasteiger partial charge in [-0.1, -0.05) is 0 Å². The van der Waals surface area contributed by atoms with Gasteiger partial charge in [-0.2, -0.15) is 17.0 Å². The van der Waals surface area contributed by atoms with Crippen molar-refractivity contribution in [1.82, 2.24) is 4.90 Å². The third kappa shape index (κ3) is 2.69. The van der Waals surface area contributed by atoms with Crippen LogP contribution in [-0.2, 0) is 0 Å². The predicted octanol–water partition coefficient (Wildman–Crippen LogP) is 1.73. The second kappa shape index (κ2) is 5.45. The van der Waals surface area contributed by atoms with Crippen LogP contribution >= 0.6 is 11.8 Å². The molecule has 3 heteroatoms. The Bertz CT molecular complexity index is 158. The highest BCUT2D eigenvalue weighted by Gasteiger charge is 2.20. The molecule has 1 unspecified atom stereocenters. The second-order valence-corrected chi connectivity index (χ2v) is 4.16. The molecule has 1 aliphatic rings. The van der Waals surface area contributed by atoms with Crippen LogP contribution in [0.3, 0.4) is 0 Å². The van der Waals surface area contributed by atoms with Crippen molar-refractivity contribution in [2.24, 2.45) is 0 Å². The summed E-state index contributed by atoms with van der Waals surface area (Å²) in [4.78, 5) is 2.32. The summed E-state index contributed by atoms with van der Waals surface area (Å²) in [6, 6.07) is 2.57. The van der Waals surface area contributed by atoms with Crippen LogP contribution in [0.4, 0.5) is 0 Å². The van der Waals surface area contributed by atoms with Crippen LogP contribution in [0.5, 0.6) is 0 Å². The molecule has 0 radical (unpaired) electrons. The zero-order valence-corrected chi connectivity index (χ0v) is 8.44. The molecule has 0 aliphatic carbocycles. The van der Waals surface area contributed by atoms with Crippen molar-refractivity contribution in [3.05, 3.63) is 0 Å². The molecule has 1 saturated heterocycles. The summed E-state index contributed by atoms with van der Waals surface area (Å²) in [7, 11) is 0. The quantitative estimate of drug-likeness (QED) is 0.666. The summed E-state index contributed by atoms with van der Waals surface area (Å²) < 4.78 is 0. The maximum absolute atomic E-state index is 8.91. The molecule has 0 saturated carbocycles. The van der Waals surface area contributed by atoms with Gasteiger partial charge in [-0.3, -0.25) is 4.90 Å². The van der Waals surface area contributed by atoms with Gasteiger partial charge < -0.3 is 0 Å². The number of nitriles is 1. The lowest BCUT2D eigenvalue weighted by Crippen LogP contribution is -2.31. The van der Waals surface area contributed by atoms with Crippen LogP contribution in [-0.4, -0.2) is 36.0 Å². The van der Waals surface area contributed by atoms with E-state index in [0.717, 1.165) is 25.3 Å². The minimum Gasteiger partial charge on any atom is -0.288 e. The van der Waals surface area contributed by atoms with Crippen molar-refractivity contribution >= 4 is 11.8 Å². The number of hydrogen-bond donors (Lipinski definition) is 0. The number of likely N-dealkylation sites (tertiary alicyclic amines) is 1. The number of thioether (sulfide) groups is 1. The van der Waals surface area contributed by atoms with Gasteiger partial charge >= 0.3 is 0 Å². The maximum atomic E-state index is 8.91. The van der Waals surface area contributed by atoms with Crippen molar-refractivity contribution in [2.45, 2.75) is 25.3 Å². The lowest BCUT2D eigenvalue weighted by molar-refractivity contribution is 0.285. The SMILES string of the molecule is CSCCC(C#N)N1CCCC1. The van der Waals surface area contributed by atoms with Gasteiger partial charge in [0.25, 0.3) is 0 Å². The maximum Gasteiger partial charge on any atom is 0.0985 e. The van der Waals surface area contributed by atoms with Crippen LogP contribution in [0.25, 0.3) is 0 Å². The van der Waals surface area contributed by atoms with Crippen LogP contribution < -0.4 is 0 Å². The van der Waals surface area contributed by atoms with E-state index in [1.54, 1.807) is 0 Å². The van der Waals surface area contributed by atoms with Crippen molar-refractivity contribution in [1.29, 1.82) is 5.26 Å². The molecule has 68 valence electrons. The number of rotatable bonds is 4. The molecule has 0 aromatic rings.